The number of likely N-dealkylation sites (tertiary alicyclic amines) is 2. The van der Waals surface area contributed by atoms with Crippen LogP contribution in [0.25, 0.3) is 0 Å². The molecule has 4 rings (SSSR count). The summed E-state index contributed by atoms with van der Waals surface area (Å²) in [6, 6.07) is 7.45. The summed E-state index contributed by atoms with van der Waals surface area (Å²) in [5.41, 5.74) is 1.15. The lowest BCUT2D eigenvalue weighted by Crippen LogP contribution is -2.38. The van der Waals surface area contributed by atoms with Crippen LogP contribution in [0, 0.1) is 6.92 Å². The van der Waals surface area contributed by atoms with E-state index in [9.17, 15) is 9.59 Å². The van der Waals surface area contributed by atoms with Crippen molar-refractivity contribution in [3.05, 3.63) is 51.6 Å². The molecule has 6 nitrogen and oxygen atoms in total. The molecule has 1 aromatic heterocycles. The number of aryl methyl sites for hydroxylation is 1. The molecule has 7 heteroatoms. The Hall–Kier alpha value is -2.15. The smallest absolute Gasteiger partial charge is 0.276 e. The maximum absolute atomic E-state index is 12.7. The Morgan fingerprint density at radius 3 is 2.25 bits per heavy atom. The summed E-state index contributed by atoms with van der Waals surface area (Å²) >= 11 is 3.39. The topological polar surface area (TPSA) is 66.7 Å². The minimum absolute atomic E-state index is 0.0205. The van der Waals surface area contributed by atoms with Gasteiger partial charge in [0, 0.05) is 42.1 Å². The van der Waals surface area contributed by atoms with Crippen LogP contribution in [0.3, 0.4) is 0 Å². The molecule has 0 N–H and O–H groups in total. The first-order chi connectivity index (χ1) is 13.5. The molecule has 2 aliphatic heterocycles. The highest BCUT2D eigenvalue weighted by Crippen LogP contribution is 2.30. The number of carbonyl (C=O) groups excluding carboxylic acids is 2. The van der Waals surface area contributed by atoms with Crippen molar-refractivity contribution >= 4 is 27.7 Å². The number of rotatable bonds is 3. The Labute approximate surface area is 173 Å². The number of carbonyl (C=O) groups is 2. The second kappa shape index (κ2) is 8.07. The first-order valence-corrected chi connectivity index (χ1v) is 10.6. The van der Waals surface area contributed by atoms with Gasteiger partial charge in [-0.1, -0.05) is 15.9 Å². The molecule has 0 unspecified atom stereocenters. The van der Waals surface area contributed by atoms with E-state index >= 15 is 0 Å². The lowest BCUT2D eigenvalue weighted by Gasteiger charge is -2.30. The largest absolute Gasteiger partial charge is 0.445 e. The molecule has 3 heterocycles. The molecule has 2 amide bonds. The number of piperidine rings is 1. The molecular formula is C21H24BrN3O3. The number of amides is 2. The summed E-state index contributed by atoms with van der Waals surface area (Å²) in [5, 5.41) is 0. The van der Waals surface area contributed by atoms with Crippen molar-refractivity contribution in [3.63, 3.8) is 0 Å². The van der Waals surface area contributed by atoms with Gasteiger partial charge in [0.15, 0.2) is 11.6 Å². The molecule has 28 heavy (non-hydrogen) atoms. The average molecular weight is 446 g/mol. The quantitative estimate of drug-likeness (QED) is 0.715. The molecule has 1 aromatic carbocycles. The predicted molar refractivity (Wildman–Crippen MR) is 108 cm³/mol. The van der Waals surface area contributed by atoms with Crippen LogP contribution in [0.15, 0.2) is 33.2 Å². The summed E-state index contributed by atoms with van der Waals surface area (Å²) in [5.74, 6) is 1.41. The average Bonchev–Trinajstić information content (AvgIpc) is 3.38. The van der Waals surface area contributed by atoms with Crippen molar-refractivity contribution in [2.45, 2.75) is 38.5 Å². The van der Waals surface area contributed by atoms with Crippen molar-refractivity contribution in [3.8, 4) is 0 Å². The van der Waals surface area contributed by atoms with Gasteiger partial charge in [-0.2, -0.15) is 0 Å². The standard InChI is InChI=1S/C21H24BrN3O3/c1-14-18(21(27)24-10-2-3-11-24)23-19(28-14)15-8-12-25(13-9-15)20(26)16-4-6-17(22)7-5-16/h4-7,15H,2-3,8-13H2,1H3. The van der Waals surface area contributed by atoms with Gasteiger partial charge in [-0.3, -0.25) is 9.59 Å². The Morgan fingerprint density at radius 2 is 1.61 bits per heavy atom. The van der Waals surface area contributed by atoms with Gasteiger partial charge < -0.3 is 14.2 Å². The molecule has 0 atom stereocenters. The zero-order valence-electron chi connectivity index (χ0n) is 16.0. The summed E-state index contributed by atoms with van der Waals surface area (Å²) in [6.07, 6.45) is 3.69. The van der Waals surface area contributed by atoms with Gasteiger partial charge >= 0.3 is 0 Å². The zero-order chi connectivity index (χ0) is 19.7. The van der Waals surface area contributed by atoms with E-state index in [-0.39, 0.29) is 17.7 Å². The molecule has 0 radical (unpaired) electrons. The molecule has 0 bridgehead atoms. The Balaban J connectivity index is 1.40. The van der Waals surface area contributed by atoms with Crippen molar-refractivity contribution in [2.24, 2.45) is 0 Å². The van der Waals surface area contributed by atoms with Gasteiger partial charge in [-0.15, -0.1) is 0 Å². The fraction of sp³-hybridized carbons (Fsp3) is 0.476. The molecule has 2 aromatic rings. The Bertz CT molecular complexity index is 864. The van der Waals surface area contributed by atoms with Gasteiger partial charge in [0.2, 0.25) is 0 Å². The summed E-state index contributed by atoms with van der Waals surface area (Å²) in [7, 11) is 0. The van der Waals surface area contributed by atoms with Crippen LogP contribution < -0.4 is 0 Å². The van der Waals surface area contributed by atoms with Gasteiger partial charge in [0.25, 0.3) is 11.8 Å². The highest BCUT2D eigenvalue weighted by Gasteiger charge is 2.30. The summed E-state index contributed by atoms with van der Waals surface area (Å²) in [4.78, 5) is 33.6. The van der Waals surface area contributed by atoms with E-state index in [1.807, 2.05) is 41.0 Å². The van der Waals surface area contributed by atoms with Gasteiger partial charge in [-0.25, -0.2) is 4.98 Å². The van der Waals surface area contributed by atoms with E-state index < -0.39 is 0 Å². The molecule has 2 fully saturated rings. The fourth-order valence-electron chi connectivity index (χ4n) is 3.96. The maximum Gasteiger partial charge on any atom is 0.276 e. The number of aromatic nitrogens is 1. The first kappa shape index (κ1) is 19.2. The molecule has 148 valence electrons. The molecule has 0 spiro atoms. The first-order valence-electron chi connectivity index (χ1n) is 9.84. The van der Waals surface area contributed by atoms with E-state index in [1.54, 1.807) is 0 Å². The third kappa shape index (κ3) is 3.85. The second-order valence-corrected chi connectivity index (χ2v) is 8.45. The Kier molecular flexibility index (Phi) is 5.53. The van der Waals surface area contributed by atoms with Gasteiger partial charge in [-0.05, 0) is 56.9 Å². The predicted octanol–water partition coefficient (Wildman–Crippen LogP) is 4.00. The third-order valence-corrected chi connectivity index (χ3v) is 6.16. The minimum Gasteiger partial charge on any atom is -0.445 e. The molecule has 0 saturated carbocycles. The van der Waals surface area contributed by atoms with E-state index in [0.717, 1.165) is 43.2 Å². The van der Waals surface area contributed by atoms with Crippen LogP contribution in [0.1, 0.15) is 64.1 Å². The maximum atomic E-state index is 12.7. The SMILES string of the molecule is Cc1oc(C2CCN(C(=O)c3ccc(Br)cc3)CC2)nc1C(=O)N1CCCC1. The Morgan fingerprint density at radius 1 is 1.00 bits per heavy atom. The van der Waals surface area contributed by atoms with E-state index in [1.165, 1.54) is 0 Å². The van der Waals surface area contributed by atoms with Crippen LogP contribution in [0.4, 0.5) is 0 Å². The van der Waals surface area contributed by atoms with E-state index in [4.69, 9.17) is 4.42 Å². The van der Waals surface area contributed by atoms with E-state index in [0.29, 0.717) is 36.0 Å². The van der Waals surface area contributed by atoms with Crippen molar-refractivity contribution in [2.75, 3.05) is 26.2 Å². The fourth-order valence-corrected chi connectivity index (χ4v) is 4.23. The van der Waals surface area contributed by atoms with Crippen LogP contribution >= 0.6 is 15.9 Å². The van der Waals surface area contributed by atoms with E-state index in [2.05, 4.69) is 20.9 Å². The van der Waals surface area contributed by atoms with Crippen molar-refractivity contribution < 1.29 is 14.0 Å². The van der Waals surface area contributed by atoms with Crippen molar-refractivity contribution in [1.82, 2.24) is 14.8 Å². The minimum atomic E-state index is -0.0205. The van der Waals surface area contributed by atoms with Gasteiger partial charge in [0.1, 0.15) is 5.76 Å². The summed E-state index contributed by atoms with van der Waals surface area (Å²) in [6.45, 7) is 4.74. The number of hydrogen-bond donors (Lipinski definition) is 0. The summed E-state index contributed by atoms with van der Waals surface area (Å²) < 4.78 is 6.82. The highest BCUT2D eigenvalue weighted by atomic mass is 79.9. The van der Waals surface area contributed by atoms with Crippen LogP contribution in [-0.4, -0.2) is 52.8 Å². The van der Waals surface area contributed by atoms with Crippen LogP contribution in [-0.2, 0) is 0 Å². The molecule has 2 aliphatic rings. The van der Waals surface area contributed by atoms with Gasteiger partial charge in [0.05, 0.1) is 0 Å². The number of nitrogens with zero attached hydrogens (tertiary/aromatic N) is 3. The normalized spacial score (nSPS) is 17.9. The number of benzene rings is 1. The monoisotopic (exact) mass is 445 g/mol. The molecular weight excluding hydrogens is 422 g/mol. The third-order valence-electron chi connectivity index (χ3n) is 5.63. The number of oxazole rings is 1. The number of halogens is 1. The molecule has 2 saturated heterocycles. The zero-order valence-corrected chi connectivity index (χ0v) is 17.6. The molecule has 0 aliphatic carbocycles. The lowest BCUT2D eigenvalue weighted by atomic mass is 9.96. The second-order valence-electron chi connectivity index (χ2n) is 7.53. The van der Waals surface area contributed by atoms with Crippen molar-refractivity contribution in [1.29, 1.82) is 0 Å². The number of hydrogen-bond acceptors (Lipinski definition) is 4. The van der Waals surface area contributed by atoms with Crippen LogP contribution in [0.5, 0.6) is 0 Å². The lowest BCUT2D eigenvalue weighted by molar-refractivity contribution is 0.0705. The highest BCUT2D eigenvalue weighted by molar-refractivity contribution is 9.10. The van der Waals surface area contributed by atoms with Crippen LogP contribution in [0.2, 0.25) is 0 Å².